The predicted octanol–water partition coefficient (Wildman–Crippen LogP) is 11.5. The summed E-state index contributed by atoms with van der Waals surface area (Å²) >= 11 is 0. The number of fused-ring (bicyclic) bond motifs is 7. The number of aromatic nitrogens is 4. The third-order valence-corrected chi connectivity index (χ3v) is 9.47. The first kappa shape index (κ1) is 28.2. The predicted molar refractivity (Wildman–Crippen MR) is 203 cm³/mol. The molecule has 3 heterocycles. The maximum Gasteiger partial charge on any atom is 0.164 e. The van der Waals surface area contributed by atoms with Crippen molar-refractivity contribution in [1.29, 1.82) is 0 Å². The van der Waals surface area contributed by atoms with Crippen LogP contribution in [-0.2, 0) is 0 Å². The summed E-state index contributed by atoms with van der Waals surface area (Å²) in [7, 11) is 0. The molecule has 0 fully saturated rings. The van der Waals surface area contributed by atoms with Gasteiger partial charge < -0.3 is 8.98 Å². The molecule has 0 unspecified atom stereocenters. The molecule has 50 heavy (non-hydrogen) atoms. The van der Waals surface area contributed by atoms with E-state index in [0.29, 0.717) is 17.5 Å². The standard InChI is InChI=1S/C45H28N4O/c1-4-13-29(14-5-1)30-23-25-33(26-24-30)49-37-21-11-10-19-34(37)35-27-28-39-41(42(35)49)40-36(20-12-22-38(40)50-39)45-47-43(31-15-6-2-7-16-31)46-44(48-45)32-17-8-3-9-18-32/h1-28H. The SMILES string of the molecule is c1ccc(-c2ccc(-n3c4ccccc4c4ccc5oc6cccc(-c7nc(-c8ccccc8)nc(-c8ccccc8)n7)c6c5c43)cc2)cc1. The van der Waals surface area contributed by atoms with Gasteiger partial charge in [-0.05, 0) is 47.5 Å². The monoisotopic (exact) mass is 640 g/mol. The van der Waals surface area contributed by atoms with Crippen molar-refractivity contribution in [1.82, 2.24) is 19.5 Å². The number of hydrogen-bond donors (Lipinski definition) is 0. The Bertz CT molecular complexity index is 2780. The van der Waals surface area contributed by atoms with Gasteiger partial charge in [0.1, 0.15) is 11.2 Å². The van der Waals surface area contributed by atoms with Crippen LogP contribution in [0.5, 0.6) is 0 Å². The van der Waals surface area contributed by atoms with Crippen LogP contribution in [0.3, 0.4) is 0 Å². The molecular weight excluding hydrogens is 613 g/mol. The largest absolute Gasteiger partial charge is 0.456 e. The average Bonchev–Trinajstić information content (AvgIpc) is 3.75. The topological polar surface area (TPSA) is 56.7 Å². The molecule has 3 aromatic heterocycles. The van der Waals surface area contributed by atoms with Crippen LogP contribution in [0.25, 0.3) is 94.7 Å². The van der Waals surface area contributed by atoms with Crippen molar-refractivity contribution in [3.05, 3.63) is 170 Å². The van der Waals surface area contributed by atoms with Crippen molar-refractivity contribution in [2.45, 2.75) is 0 Å². The van der Waals surface area contributed by atoms with Gasteiger partial charge in [0.25, 0.3) is 0 Å². The van der Waals surface area contributed by atoms with Gasteiger partial charge in [0, 0.05) is 38.5 Å². The number of nitrogens with zero attached hydrogens (tertiary/aromatic N) is 4. The van der Waals surface area contributed by atoms with Crippen LogP contribution in [-0.4, -0.2) is 19.5 Å². The number of benzene rings is 7. The first-order valence-corrected chi connectivity index (χ1v) is 16.7. The lowest BCUT2D eigenvalue weighted by atomic mass is 10.0. The summed E-state index contributed by atoms with van der Waals surface area (Å²) in [4.78, 5) is 15.2. The van der Waals surface area contributed by atoms with E-state index >= 15 is 0 Å². The van der Waals surface area contributed by atoms with Crippen molar-refractivity contribution in [3.8, 4) is 51.0 Å². The quantitative estimate of drug-likeness (QED) is 0.188. The lowest BCUT2D eigenvalue weighted by Gasteiger charge is -2.11. The third-order valence-electron chi connectivity index (χ3n) is 9.47. The highest BCUT2D eigenvalue weighted by molar-refractivity contribution is 6.26. The van der Waals surface area contributed by atoms with E-state index < -0.39 is 0 Å². The molecule has 0 spiro atoms. The Morgan fingerprint density at radius 2 is 0.940 bits per heavy atom. The van der Waals surface area contributed by atoms with Gasteiger partial charge in [0.2, 0.25) is 0 Å². The Labute approximate surface area is 287 Å². The third kappa shape index (κ3) is 4.52. The van der Waals surface area contributed by atoms with Crippen molar-refractivity contribution in [2.24, 2.45) is 0 Å². The Hall–Kier alpha value is -6.85. The van der Waals surface area contributed by atoms with E-state index in [4.69, 9.17) is 19.4 Å². The second-order valence-electron chi connectivity index (χ2n) is 12.4. The molecule has 0 saturated carbocycles. The average molecular weight is 641 g/mol. The zero-order valence-electron chi connectivity index (χ0n) is 26.9. The minimum absolute atomic E-state index is 0.595. The summed E-state index contributed by atoms with van der Waals surface area (Å²) in [6, 6.07) is 58.5. The second-order valence-corrected chi connectivity index (χ2v) is 12.4. The molecule has 0 radical (unpaired) electrons. The van der Waals surface area contributed by atoms with Crippen LogP contribution in [0.1, 0.15) is 0 Å². The summed E-state index contributed by atoms with van der Waals surface area (Å²) in [5.41, 5.74) is 10.0. The number of rotatable bonds is 5. The van der Waals surface area contributed by atoms with Crippen LogP contribution in [0.4, 0.5) is 0 Å². The number of furan rings is 1. The van der Waals surface area contributed by atoms with Crippen molar-refractivity contribution >= 4 is 43.7 Å². The smallest absolute Gasteiger partial charge is 0.164 e. The molecule has 5 heteroatoms. The van der Waals surface area contributed by atoms with Gasteiger partial charge in [-0.15, -0.1) is 0 Å². The molecule has 0 N–H and O–H groups in total. The van der Waals surface area contributed by atoms with Crippen LogP contribution in [0.2, 0.25) is 0 Å². The normalized spacial score (nSPS) is 11.6. The Kier molecular flexibility index (Phi) is 6.42. The summed E-state index contributed by atoms with van der Waals surface area (Å²) in [5.74, 6) is 1.84. The summed E-state index contributed by atoms with van der Waals surface area (Å²) < 4.78 is 9.00. The molecule has 0 aliphatic heterocycles. The molecule has 0 amide bonds. The molecule has 5 nitrogen and oxygen atoms in total. The van der Waals surface area contributed by atoms with Crippen molar-refractivity contribution in [3.63, 3.8) is 0 Å². The highest BCUT2D eigenvalue weighted by Crippen LogP contribution is 2.44. The minimum Gasteiger partial charge on any atom is -0.456 e. The van der Waals surface area contributed by atoms with Gasteiger partial charge in [-0.1, -0.05) is 133 Å². The molecule has 234 valence electrons. The molecule has 0 saturated heterocycles. The van der Waals surface area contributed by atoms with Crippen LogP contribution >= 0.6 is 0 Å². The lowest BCUT2D eigenvalue weighted by Crippen LogP contribution is -2.00. The van der Waals surface area contributed by atoms with Gasteiger partial charge in [-0.2, -0.15) is 0 Å². The van der Waals surface area contributed by atoms with Gasteiger partial charge in [-0.25, -0.2) is 15.0 Å². The van der Waals surface area contributed by atoms with Gasteiger partial charge in [0.15, 0.2) is 17.5 Å². The highest BCUT2D eigenvalue weighted by Gasteiger charge is 2.23. The van der Waals surface area contributed by atoms with Crippen molar-refractivity contribution in [2.75, 3.05) is 0 Å². The molecule has 10 rings (SSSR count). The lowest BCUT2D eigenvalue weighted by molar-refractivity contribution is 0.669. The number of hydrogen-bond acceptors (Lipinski definition) is 4. The van der Waals surface area contributed by atoms with E-state index in [1.54, 1.807) is 0 Å². The highest BCUT2D eigenvalue weighted by atomic mass is 16.3. The Morgan fingerprint density at radius 3 is 1.62 bits per heavy atom. The molecule has 0 aliphatic rings. The number of para-hydroxylation sites is 1. The summed E-state index contributed by atoms with van der Waals surface area (Å²) in [6.45, 7) is 0. The molecular formula is C45H28N4O. The fourth-order valence-electron chi connectivity index (χ4n) is 7.18. The van der Waals surface area contributed by atoms with E-state index in [2.05, 4.69) is 95.6 Å². The Morgan fingerprint density at radius 1 is 0.380 bits per heavy atom. The summed E-state index contributed by atoms with van der Waals surface area (Å²) in [5, 5.41) is 4.34. The molecule has 0 bridgehead atoms. The van der Waals surface area contributed by atoms with Crippen LogP contribution in [0.15, 0.2) is 174 Å². The molecule has 10 aromatic rings. The summed E-state index contributed by atoms with van der Waals surface area (Å²) in [6.07, 6.45) is 0. The van der Waals surface area contributed by atoms with E-state index in [-0.39, 0.29) is 0 Å². The molecule has 7 aromatic carbocycles. The first-order valence-electron chi connectivity index (χ1n) is 16.7. The molecule has 0 aliphatic carbocycles. The first-order chi connectivity index (χ1) is 24.8. The van der Waals surface area contributed by atoms with Crippen molar-refractivity contribution < 1.29 is 4.42 Å². The zero-order valence-corrected chi connectivity index (χ0v) is 26.9. The van der Waals surface area contributed by atoms with Crippen LogP contribution < -0.4 is 0 Å². The van der Waals surface area contributed by atoms with E-state index in [9.17, 15) is 0 Å². The second kappa shape index (κ2) is 11.4. The van der Waals surface area contributed by atoms with Gasteiger partial charge in [0.05, 0.1) is 16.4 Å². The van der Waals surface area contributed by atoms with Crippen LogP contribution in [0, 0.1) is 0 Å². The maximum atomic E-state index is 6.63. The van der Waals surface area contributed by atoms with E-state index in [0.717, 1.165) is 60.7 Å². The van der Waals surface area contributed by atoms with Gasteiger partial charge >= 0.3 is 0 Å². The minimum atomic E-state index is 0.595. The zero-order chi connectivity index (χ0) is 33.0. The fourth-order valence-corrected chi connectivity index (χ4v) is 7.18. The fraction of sp³-hybridized carbons (Fsp3) is 0. The Balaban J connectivity index is 1.27. The maximum absolute atomic E-state index is 6.63. The van der Waals surface area contributed by atoms with E-state index in [1.807, 2.05) is 78.9 Å². The molecule has 0 atom stereocenters. The van der Waals surface area contributed by atoms with E-state index in [1.165, 1.54) is 16.5 Å². The van der Waals surface area contributed by atoms with Gasteiger partial charge in [-0.3, -0.25) is 0 Å².